The molecule has 1 aliphatic rings. The van der Waals surface area contributed by atoms with E-state index in [1.807, 2.05) is 60.7 Å². The number of aliphatic hydroxyl groups is 1. The number of rotatable bonds is 9. The van der Waals surface area contributed by atoms with Crippen LogP contribution in [-0.2, 0) is 20.8 Å². The third kappa shape index (κ3) is 6.73. The van der Waals surface area contributed by atoms with Gasteiger partial charge in [-0.15, -0.1) is 11.8 Å². The van der Waals surface area contributed by atoms with Gasteiger partial charge in [0.15, 0.2) is 6.29 Å². The first-order valence-corrected chi connectivity index (χ1v) is 12.7. The third-order valence-corrected chi connectivity index (χ3v) is 6.93. The molecule has 1 saturated heterocycles. The quantitative estimate of drug-likeness (QED) is 0.276. The largest absolute Gasteiger partial charge is 0.445 e. The Kier molecular flexibility index (Phi) is 9.13. The first kappa shape index (κ1) is 25.9. The van der Waals surface area contributed by atoms with Crippen molar-refractivity contribution in [1.29, 1.82) is 0 Å². The molecule has 1 amide bonds. The Hall–Kier alpha value is -3.17. The third-order valence-electron chi connectivity index (χ3n) is 5.89. The predicted molar refractivity (Wildman–Crippen MR) is 140 cm³/mol. The number of carbonyl (C=O) groups is 1. The zero-order valence-corrected chi connectivity index (χ0v) is 20.9. The van der Waals surface area contributed by atoms with E-state index < -0.39 is 12.4 Å². The fourth-order valence-electron chi connectivity index (χ4n) is 3.96. The summed E-state index contributed by atoms with van der Waals surface area (Å²) in [5, 5.41) is 13.1. The highest BCUT2D eigenvalue weighted by atomic mass is 32.2. The van der Waals surface area contributed by atoms with Gasteiger partial charge >= 0.3 is 6.09 Å². The minimum atomic E-state index is -0.635. The Labute approximate surface area is 215 Å². The first-order valence-electron chi connectivity index (χ1n) is 11.8. The van der Waals surface area contributed by atoms with E-state index in [4.69, 9.17) is 14.2 Å². The summed E-state index contributed by atoms with van der Waals surface area (Å²) in [7, 11) is 0. The molecule has 0 saturated carbocycles. The number of benzene rings is 2. The van der Waals surface area contributed by atoms with Crippen LogP contribution >= 0.6 is 11.8 Å². The van der Waals surface area contributed by atoms with Gasteiger partial charge in [-0.2, -0.15) is 0 Å². The molecule has 0 aliphatic carbocycles. The maximum Gasteiger partial charge on any atom is 0.411 e. The number of carbonyl (C=O) groups excluding carboxylic acids is 1. The number of hydrogen-bond donors (Lipinski definition) is 2. The van der Waals surface area contributed by atoms with E-state index in [0.717, 1.165) is 21.7 Å². The summed E-state index contributed by atoms with van der Waals surface area (Å²) < 4.78 is 18.0. The summed E-state index contributed by atoms with van der Waals surface area (Å²) >= 11 is 1.64. The minimum Gasteiger partial charge on any atom is -0.445 e. The van der Waals surface area contributed by atoms with Crippen LogP contribution in [0.2, 0.25) is 0 Å². The summed E-state index contributed by atoms with van der Waals surface area (Å²) in [5.74, 6) is 0.766. The molecule has 7 nitrogen and oxygen atoms in total. The Morgan fingerprint density at radius 1 is 1.14 bits per heavy atom. The lowest BCUT2D eigenvalue weighted by atomic mass is 9.91. The summed E-state index contributed by atoms with van der Waals surface area (Å²) in [6.45, 7) is 5.79. The van der Waals surface area contributed by atoms with Crippen LogP contribution in [0.3, 0.4) is 0 Å². The van der Waals surface area contributed by atoms with Crippen molar-refractivity contribution in [3.63, 3.8) is 0 Å². The maximum atomic E-state index is 12.0. The fourth-order valence-corrected chi connectivity index (χ4v) is 4.99. The van der Waals surface area contributed by atoms with Crippen molar-refractivity contribution in [2.24, 2.45) is 5.92 Å². The Balaban J connectivity index is 1.56. The van der Waals surface area contributed by atoms with Crippen molar-refractivity contribution in [3.8, 4) is 0 Å². The molecule has 1 fully saturated rings. The van der Waals surface area contributed by atoms with Crippen LogP contribution in [0.1, 0.15) is 36.0 Å². The van der Waals surface area contributed by atoms with Gasteiger partial charge in [0.25, 0.3) is 0 Å². The molecule has 188 valence electrons. The SMILES string of the molecule is C=CCOC(=O)Nc1cccc([C@@H]2O[C@H](CSc3ccccn3)[C@H](C)[C@H](c3ccc(CO)cc3)O2)c1. The van der Waals surface area contributed by atoms with Gasteiger partial charge in [-0.05, 0) is 35.4 Å². The molecule has 4 rings (SSSR count). The molecule has 1 aromatic heterocycles. The minimum absolute atomic E-state index is 0.00847. The Morgan fingerprint density at radius 3 is 2.69 bits per heavy atom. The van der Waals surface area contributed by atoms with Gasteiger partial charge < -0.3 is 19.3 Å². The van der Waals surface area contributed by atoms with E-state index in [-0.39, 0.29) is 31.3 Å². The van der Waals surface area contributed by atoms with E-state index in [9.17, 15) is 9.90 Å². The second kappa shape index (κ2) is 12.7. The summed E-state index contributed by atoms with van der Waals surface area (Å²) in [4.78, 5) is 16.4. The van der Waals surface area contributed by atoms with Crippen molar-refractivity contribution in [2.75, 3.05) is 17.7 Å². The van der Waals surface area contributed by atoms with Crippen molar-refractivity contribution in [2.45, 2.75) is 37.1 Å². The van der Waals surface area contributed by atoms with Crippen molar-refractivity contribution in [1.82, 2.24) is 4.98 Å². The van der Waals surface area contributed by atoms with Gasteiger partial charge in [0, 0.05) is 29.1 Å². The van der Waals surface area contributed by atoms with Crippen molar-refractivity contribution < 1.29 is 24.1 Å². The number of hydrogen-bond acceptors (Lipinski definition) is 7. The van der Waals surface area contributed by atoms with Gasteiger partial charge in [0.1, 0.15) is 6.61 Å². The fraction of sp³-hybridized carbons (Fsp3) is 0.286. The number of nitrogens with one attached hydrogen (secondary N) is 1. The molecule has 2 heterocycles. The topological polar surface area (TPSA) is 89.9 Å². The lowest BCUT2D eigenvalue weighted by Gasteiger charge is -2.41. The van der Waals surface area contributed by atoms with Gasteiger partial charge in [0.05, 0.1) is 23.8 Å². The number of ether oxygens (including phenoxy) is 3. The number of anilines is 1. The number of amides is 1. The van der Waals surface area contributed by atoms with Crippen molar-refractivity contribution >= 4 is 23.5 Å². The van der Waals surface area contributed by atoms with Crippen LogP contribution in [0.25, 0.3) is 0 Å². The lowest BCUT2D eigenvalue weighted by Crippen LogP contribution is -2.38. The van der Waals surface area contributed by atoms with Crippen LogP contribution in [0.5, 0.6) is 0 Å². The van der Waals surface area contributed by atoms with E-state index in [2.05, 4.69) is 23.8 Å². The van der Waals surface area contributed by atoms with Crippen LogP contribution in [0, 0.1) is 5.92 Å². The molecule has 2 aromatic carbocycles. The lowest BCUT2D eigenvalue weighted by molar-refractivity contribution is -0.268. The molecule has 0 spiro atoms. The van der Waals surface area contributed by atoms with E-state index in [1.54, 1.807) is 24.0 Å². The molecule has 0 bridgehead atoms. The van der Waals surface area contributed by atoms with Gasteiger partial charge in [0.2, 0.25) is 0 Å². The molecule has 1 aliphatic heterocycles. The second-order valence-electron chi connectivity index (χ2n) is 8.44. The van der Waals surface area contributed by atoms with Gasteiger partial charge in [-0.3, -0.25) is 5.32 Å². The maximum absolute atomic E-state index is 12.0. The van der Waals surface area contributed by atoms with Gasteiger partial charge in [-0.1, -0.05) is 62.0 Å². The van der Waals surface area contributed by atoms with Crippen LogP contribution < -0.4 is 5.32 Å². The van der Waals surface area contributed by atoms with E-state index in [0.29, 0.717) is 11.4 Å². The zero-order valence-electron chi connectivity index (χ0n) is 20.1. The van der Waals surface area contributed by atoms with Crippen LogP contribution in [0.4, 0.5) is 10.5 Å². The first-order chi connectivity index (χ1) is 17.6. The molecule has 36 heavy (non-hydrogen) atoms. The number of aromatic nitrogens is 1. The summed E-state index contributed by atoms with van der Waals surface area (Å²) in [6.07, 6.45) is 1.76. The van der Waals surface area contributed by atoms with E-state index >= 15 is 0 Å². The average molecular weight is 507 g/mol. The predicted octanol–water partition coefficient (Wildman–Crippen LogP) is 5.89. The standard InChI is InChI=1S/C28H30N2O5S/c1-3-15-33-28(32)30-23-8-6-7-22(16-23)27-34-24(18-36-25-9-4-5-14-29-25)19(2)26(35-27)21-12-10-20(17-31)11-13-21/h3-14,16,19,24,26-27,31H,1,15,17-18H2,2H3,(H,30,32)/t19-,24+,26+,27+/m0/s1. The average Bonchev–Trinajstić information content (AvgIpc) is 2.92. The molecule has 4 atom stereocenters. The molecule has 0 radical (unpaired) electrons. The van der Waals surface area contributed by atoms with Crippen LogP contribution in [0.15, 0.2) is 90.6 Å². The number of nitrogens with zero attached hydrogens (tertiary/aromatic N) is 1. The zero-order chi connectivity index (χ0) is 25.3. The summed E-state index contributed by atoms with van der Waals surface area (Å²) in [5.41, 5.74) is 3.23. The monoisotopic (exact) mass is 506 g/mol. The molecule has 2 N–H and O–H groups in total. The number of pyridine rings is 1. The molecular weight excluding hydrogens is 476 g/mol. The number of thioether (sulfide) groups is 1. The van der Waals surface area contributed by atoms with E-state index in [1.165, 1.54) is 6.08 Å². The summed E-state index contributed by atoms with van der Waals surface area (Å²) in [6, 6.07) is 21.0. The van der Waals surface area contributed by atoms with Crippen molar-refractivity contribution in [3.05, 3.63) is 102 Å². The molecule has 3 aromatic rings. The molecule has 0 unspecified atom stereocenters. The Morgan fingerprint density at radius 2 is 1.97 bits per heavy atom. The highest BCUT2D eigenvalue weighted by Crippen LogP contribution is 2.43. The van der Waals surface area contributed by atoms with Gasteiger partial charge in [-0.25, -0.2) is 9.78 Å². The Bertz CT molecular complexity index is 1140. The van der Waals surface area contributed by atoms with Crippen LogP contribution in [-0.4, -0.2) is 34.6 Å². The second-order valence-corrected chi connectivity index (χ2v) is 9.48. The molecule has 8 heteroatoms. The highest BCUT2D eigenvalue weighted by Gasteiger charge is 2.38. The molecular formula is C28H30N2O5S. The normalized spacial score (nSPS) is 21.5. The number of aliphatic hydroxyl groups excluding tert-OH is 1. The smallest absolute Gasteiger partial charge is 0.411 e. The highest BCUT2D eigenvalue weighted by molar-refractivity contribution is 7.99.